The summed E-state index contributed by atoms with van der Waals surface area (Å²) in [4.78, 5) is 11.6. The van der Waals surface area contributed by atoms with E-state index in [0.717, 1.165) is 11.4 Å². The summed E-state index contributed by atoms with van der Waals surface area (Å²) in [5.41, 5.74) is 1.80. The van der Waals surface area contributed by atoms with Crippen molar-refractivity contribution in [2.75, 3.05) is 14.2 Å². The number of rotatable bonds is 3. The van der Waals surface area contributed by atoms with Gasteiger partial charge in [-0.25, -0.2) is 9.48 Å². The SMILES string of the molecule is COC(=O)c1nn(-c2ccccc2OC)c(C)c1Br. The molecule has 0 spiro atoms. The van der Waals surface area contributed by atoms with Crippen molar-refractivity contribution in [3.63, 3.8) is 0 Å². The molecule has 2 rings (SSSR count). The first-order valence-corrected chi connectivity index (χ1v) is 6.36. The molecule has 0 fully saturated rings. The van der Waals surface area contributed by atoms with Crippen molar-refractivity contribution in [2.24, 2.45) is 0 Å². The summed E-state index contributed by atoms with van der Waals surface area (Å²) in [6.45, 7) is 1.86. The number of esters is 1. The van der Waals surface area contributed by atoms with Crippen molar-refractivity contribution < 1.29 is 14.3 Å². The zero-order valence-corrected chi connectivity index (χ0v) is 12.4. The highest BCUT2D eigenvalue weighted by molar-refractivity contribution is 9.10. The van der Waals surface area contributed by atoms with Crippen LogP contribution < -0.4 is 4.74 Å². The number of nitrogens with zero attached hydrogens (tertiary/aromatic N) is 2. The number of hydrogen-bond acceptors (Lipinski definition) is 4. The lowest BCUT2D eigenvalue weighted by Gasteiger charge is -2.09. The van der Waals surface area contributed by atoms with Gasteiger partial charge in [-0.1, -0.05) is 12.1 Å². The highest BCUT2D eigenvalue weighted by Gasteiger charge is 2.21. The standard InChI is InChI=1S/C13H13BrN2O3/c1-8-11(14)12(13(17)19-3)15-16(8)9-6-4-5-7-10(9)18-2/h4-7H,1-3H3. The molecule has 19 heavy (non-hydrogen) atoms. The Bertz CT molecular complexity index is 622. The number of ether oxygens (including phenoxy) is 2. The minimum atomic E-state index is -0.483. The lowest BCUT2D eigenvalue weighted by Crippen LogP contribution is -2.05. The predicted molar refractivity (Wildman–Crippen MR) is 73.9 cm³/mol. The maximum Gasteiger partial charge on any atom is 0.359 e. The molecule has 0 N–H and O–H groups in total. The summed E-state index contributed by atoms with van der Waals surface area (Å²) in [6.07, 6.45) is 0. The molecule has 1 aromatic heterocycles. The molecule has 0 amide bonds. The normalized spacial score (nSPS) is 10.3. The Morgan fingerprint density at radius 3 is 2.63 bits per heavy atom. The molecule has 0 saturated carbocycles. The number of methoxy groups -OCH3 is 2. The quantitative estimate of drug-likeness (QED) is 0.814. The molecule has 0 aliphatic heterocycles. The van der Waals surface area contributed by atoms with E-state index >= 15 is 0 Å². The molecule has 5 nitrogen and oxygen atoms in total. The molecule has 100 valence electrons. The van der Waals surface area contributed by atoms with E-state index in [1.807, 2.05) is 31.2 Å². The number of carbonyl (C=O) groups excluding carboxylic acids is 1. The van der Waals surface area contributed by atoms with E-state index in [9.17, 15) is 4.79 Å². The average Bonchev–Trinajstić information content (AvgIpc) is 2.74. The van der Waals surface area contributed by atoms with Gasteiger partial charge in [-0.15, -0.1) is 0 Å². The van der Waals surface area contributed by atoms with Gasteiger partial charge in [-0.05, 0) is 35.0 Å². The number of halogens is 1. The van der Waals surface area contributed by atoms with Gasteiger partial charge in [0, 0.05) is 0 Å². The first-order valence-electron chi connectivity index (χ1n) is 5.57. The van der Waals surface area contributed by atoms with E-state index in [-0.39, 0.29) is 5.69 Å². The summed E-state index contributed by atoms with van der Waals surface area (Å²) in [6, 6.07) is 7.45. The van der Waals surface area contributed by atoms with Gasteiger partial charge < -0.3 is 9.47 Å². The minimum absolute atomic E-state index is 0.242. The summed E-state index contributed by atoms with van der Waals surface area (Å²) < 4.78 is 12.3. The third-order valence-corrected chi connectivity index (χ3v) is 3.68. The van der Waals surface area contributed by atoms with E-state index < -0.39 is 5.97 Å². The van der Waals surface area contributed by atoms with Crippen molar-refractivity contribution in [3.05, 3.63) is 40.1 Å². The Morgan fingerprint density at radius 2 is 2.00 bits per heavy atom. The molecule has 0 aliphatic carbocycles. The molecule has 1 aromatic carbocycles. The number of para-hydroxylation sites is 2. The summed E-state index contributed by atoms with van der Waals surface area (Å²) in [7, 11) is 2.92. The van der Waals surface area contributed by atoms with Gasteiger partial charge in [-0.3, -0.25) is 0 Å². The van der Waals surface area contributed by atoms with Crippen LogP contribution in [0.2, 0.25) is 0 Å². The third-order valence-electron chi connectivity index (χ3n) is 2.74. The second-order valence-electron chi connectivity index (χ2n) is 3.82. The van der Waals surface area contributed by atoms with Crippen LogP contribution in [0.5, 0.6) is 5.75 Å². The summed E-state index contributed by atoms with van der Waals surface area (Å²) in [5, 5.41) is 4.27. The Labute approximate surface area is 119 Å². The summed E-state index contributed by atoms with van der Waals surface area (Å²) >= 11 is 3.36. The fraction of sp³-hybridized carbons (Fsp3) is 0.231. The van der Waals surface area contributed by atoms with Crippen LogP contribution in [0.1, 0.15) is 16.2 Å². The molecule has 0 saturated heterocycles. The number of carbonyl (C=O) groups is 1. The highest BCUT2D eigenvalue weighted by Crippen LogP contribution is 2.28. The Hall–Kier alpha value is -1.82. The maximum atomic E-state index is 11.6. The van der Waals surface area contributed by atoms with E-state index in [0.29, 0.717) is 10.2 Å². The molecule has 0 atom stereocenters. The van der Waals surface area contributed by atoms with Crippen molar-refractivity contribution in [1.29, 1.82) is 0 Å². The van der Waals surface area contributed by atoms with E-state index in [4.69, 9.17) is 9.47 Å². The molecule has 1 heterocycles. The Kier molecular flexibility index (Phi) is 3.90. The molecule has 0 bridgehead atoms. The van der Waals surface area contributed by atoms with Crippen LogP contribution in [-0.2, 0) is 4.74 Å². The fourth-order valence-electron chi connectivity index (χ4n) is 1.75. The van der Waals surface area contributed by atoms with Crippen LogP contribution in [0.3, 0.4) is 0 Å². The second kappa shape index (κ2) is 5.44. The molecule has 6 heteroatoms. The van der Waals surface area contributed by atoms with E-state index in [1.54, 1.807) is 11.8 Å². The highest BCUT2D eigenvalue weighted by atomic mass is 79.9. The van der Waals surface area contributed by atoms with Crippen molar-refractivity contribution >= 4 is 21.9 Å². The summed E-state index contributed by atoms with van der Waals surface area (Å²) in [5.74, 6) is 0.195. The van der Waals surface area contributed by atoms with E-state index in [2.05, 4.69) is 21.0 Å². The predicted octanol–water partition coefficient (Wildman–Crippen LogP) is 2.74. The van der Waals surface area contributed by atoms with Gasteiger partial charge in [0.2, 0.25) is 0 Å². The third kappa shape index (κ3) is 2.35. The Morgan fingerprint density at radius 1 is 1.32 bits per heavy atom. The fourth-order valence-corrected chi connectivity index (χ4v) is 2.16. The van der Waals surface area contributed by atoms with Crippen molar-refractivity contribution in [2.45, 2.75) is 6.92 Å². The number of benzene rings is 1. The van der Waals surface area contributed by atoms with Crippen LogP contribution in [0.25, 0.3) is 5.69 Å². The van der Waals surface area contributed by atoms with Crippen LogP contribution in [0, 0.1) is 6.92 Å². The number of aromatic nitrogens is 2. The Balaban J connectivity index is 2.60. The van der Waals surface area contributed by atoms with Crippen LogP contribution in [0.4, 0.5) is 0 Å². The first kappa shape index (κ1) is 13.6. The molecular weight excluding hydrogens is 312 g/mol. The minimum Gasteiger partial charge on any atom is -0.494 e. The van der Waals surface area contributed by atoms with Crippen LogP contribution in [0.15, 0.2) is 28.7 Å². The smallest absolute Gasteiger partial charge is 0.359 e. The molecule has 0 aliphatic rings. The van der Waals surface area contributed by atoms with Crippen molar-refractivity contribution in [3.8, 4) is 11.4 Å². The molecule has 0 unspecified atom stereocenters. The average molecular weight is 325 g/mol. The van der Waals surface area contributed by atoms with Gasteiger partial charge in [0.25, 0.3) is 0 Å². The van der Waals surface area contributed by atoms with Gasteiger partial charge >= 0.3 is 5.97 Å². The van der Waals surface area contributed by atoms with Gasteiger partial charge in [0.1, 0.15) is 11.4 Å². The van der Waals surface area contributed by atoms with Crippen LogP contribution in [-0.4, -0.2) is 30.0 Å². The lowest BCUT2D eigenvalue weighted by molar-refractivity contribution is 0.0592. The van der Waals surface area contributed by atoms with Crippen LogP contribution >= 0.6 is 15.9 Å². The zero-order valence-electron chi connectivity index (χ0n) is 10.8. The second-order valence-corrected chi connectivity index (χ2v) is 4.62. The topological polar surface area (TPSA) is 53.3 Å². The van der Waals surface area contributed by atoms with Gasteiger partial charge in [-0.2, -0.15) is 5.10 Å². The first-order chi connectivity index (χ1) is 9.10. The number of hydrogen-bond donors (Lipinski definition) is 0. The van der Waals surface area contributed by atoms with Crippen molar-refractivity contribution in [1.82, 2.24) is 9.78 Å². The monoisotopic (exact) mass is 324 g/mol. The maximum absolute atomic E-state index is 11.6. The largest absolute Gasteiger partial charge is 0.494 e. The van der Waals surface area contributed by atoms with Gasteiger partial charge in [0.05, 0.1) is 24.4 Å². The lowest BCUT2D eigenvalue weighted by atomic mass is 10.3. The zero-order chi connectivity index (χ0) is 14.0. The molecule has 2 aromatic rings. The van der Waals surface area contributed by atoms with E-state index in [1.165, 1.54) is 7.11 Å². The molecular formula is C13H13BrN2O3. The van der Waals surface area contributed by atoms with Gasteiger partial charge in [0.15, 0.2) is 5.69 Å². The molecule has 0 radical (unpaired) electrons.